The summed E-state index contributed by atoms with van der Waals surface area (Å²) in [4.78, 5) is 49.7. The van der Waals surface area contributed by atoms with Gasteiger partial charge >= 0.3 is 0 Å². The average molecular weight is 382 g/mol. The first-order valence-corrected chi connectivity index (χ1v) is 10.9. The molecule has 1 atom stereocenters. The van der Waals surface area contributed by atoms with Crippen LogP contribution in [0.15, 0.2) is 0 Å². The van der Waals surface area contributed by atoms with Crippen LogP contribution >= 0.6 is 11.8 Å². The molecule has 1 saturated heterocycles. The molecule has 6 heteroatoms. The predicted molar refractivity (Wildman–Crippen MR) is 103 cm³/mol. The SMILES string of the molecule is CCC(=O)C1CCC(CN2C(=O)CC(SCCC(=O)C(C)C)C2=O)CC1. The van der Waals surface area contributed by atoms with Gasteiger partial charge in [0.05, 0.1) is 5.25 Å². The van der Waals surface area contributed by atoms with Gasteiger partial charge in [-0.2, -0.15) is 0 Å². The normalized spacial score (nSPS) is 26.6. The van der Waals surface area contributed by atoms with Crippen molar-refractivity contribution < 1.29 is 19.2 Å². The maximum atomic E-state index is 12.6. The maximum Gasteiger partial charge on any atom is 0.242 e. The molecular weight excluding hydrogens is 350 g/mol. The van der Waals surface area contributed by atoms with Crippen molar-refractivity contribution in [2.75, 3.05) is 12.3 Å². The van der Waals surface area contributed by atoms with E-state index in [0.717, 1.165) is 25.7 Å². The number of ketones is 2. The van der Waals surface area contributed by atoms with E-state index in [1.54, 1.807) is 0 Å². The number of hydrogen-bond donors (Lipinski definition) is 0. The number of amides is 2. The zero-order valence-electron chi connectivity index (χ0n) is 16.2. The Hall–Kier alpha value is -1.17. The lowest BCUT2D eigenvalue weighted by Gasteiger charge is -2.30. The molecule has 1 aliphatic heterocycles. The molecular formula is C20H31NO4S. The van der Waals surface area contributed by atoms with Gasteiger partial charge in [-0.15, -0.1) is 11.8 Å². The summed E-state index contributed by atoms with van der Waals surface area (Å²) in [6, 6.07) is 0. The van der Waals surface area contributed by atoms with E-state index in [1.807, 2.05) is 20.8 Å². The fourth-order valence-electron chi connectivity index (χ4n) is 3.78. The molecule has 2 aliphatic rings. The highest BCUT2D eigenvalue weighted by Gasteiger charge is 2.40. The van der Waals surface area contributed by atoms with Crippen LogP contribution < -0.4 is 0 Å². The van der Waals surface area contributed by atoms with E-state index >= 15 is 0 Å². The summed E-state index contributed by atoms with van der Waals surface area (Å²) in [7, 11) is 0. The van der Waals surface area contributed by atoms with Gasteiger partial charge in [-0.05, 0) is 31.6 Å². The Bertz CT molecular complexity index is 552. The van der Waals surface area contributed by atoms with E-state index in [9.17, 15) is 19.2 Å². The first-order chi connectivity index (χ1) is 12.3. The first kappa shape index (κ1) is 21.1. The third kappa shape index (κ3) is 5.41. The topological polar surface area (TPSA) is 71.5 Å². The van der Waals surface area contributed by atoms with Crippen molar-refractivity contribution in [3.63, 3.8) is 0 Å². The number of nitrogens with zero attached hydrogens (tertiary/aromatic N) is 1. The summed E-state index contributed by atoms with van der Waals surface area (Å²) in [5.74, 6) is 1.45. The van der Waals surface area contributed by atoms with E-state index in [0.29, 0.717) is 36.8 Å². The molecule has 0 aromatic rings. The Kier molecular flexibility index (Phi) is 7.86. The number of carbonyl (C=O) groups excluding carboxylic acids is 4. The Morgan fingerprint density at radius 1 is 1.15 bits per heavy atom. The molecule has 1 unspecified atom stereocenters. The van der Waals surface area contributed by atoms with Crippen LogP contribution in [0.25, 0.3) is 0 Å². The van der Waals surface area contributed by atoms with Crippen molar-refractivity contribution in [2.45, 2.75) is 71.0 Å². The summed E-state index contributed by atoms with van der Waals surface area (Å²) < 4.78 is 0. The van der Waals surface area contributed by atoms with Crippen LogP contribution in [0.3, 0.4) is 0 Å². The third-order valence-electron chi connectivity index (χ3n) is 5.61. The quantitative estimate of drug-likeness (QED) is 0.573. The molecule has 0 bridgehead atoms. The van der Waals surface area contributed by atoms with E-state index < -0.39 is 0 Å². The second-order valence-electron chi connectivity index (χ2n) is 7.81. The lowest BCUT2D eigenvalue weighted by Crippen LogP contribution is -2.37. The number of carbonyl (C=O) groups is 4. The minimum absolute atomic E-state index is 0.0164. The van der Waals surface area contributed by atoms with Gasteiger partial charge in [-0.1, -0.05) is 20.8 Å². The lowest BCUT2D eigenvalue weighted by atomic mass is 9.79. The molecule has 0 aromatic carbocycles. The molecule has 2 fully saturated rings. The zero-order valence-corrected chi connectivity index (χ0v) is 17.0. The second-order valence-corrected chi connectivity index (χ2v) is 9.13. The van der Waals surface area contributed by atoms with Crippen molar-refractivity contribution in [3.05, 3.63) is 0 Å². The maximum absolute atomic E-state index is 12.6. The molecule has 0 aromatic heterocycles. The summed E-state index contributed by atoms with van der Waals surface area (Å²) in [5.41, 5.74) is 0. The molecule has 0 spiro atoms. The standard InChI is InChI=1S/C20H31NO4S/c1-4-16(22)15-7-5-14(6-8-15)12-21-19(24)11-18(20(21)25)26-10-9-17(23)13(2)3/h13-15,18H,4-12H2,1-3H3. The van der Waals surface area contributed by atoms with Gasteiger partial charge in [0.25, 0.3) is 0 Å². The highest BCUT2D eigenvalue weighted by molar-refractivity contribution is 8.00. The highest BCUT2D eigenvalue weighted by atomic mass is 32.2. The number of rotatable bonds is 9. The summed E-state index contributed by atoms with van der Waals surface area (Å²) >= 11 is 1.44. The van der Waals surface area contributed by atoms with Crippen LogP contribution in [0, 0.1) is 17.8 Å². The van der Waals surface area contributed by atoms with Crippen molar-refractivity contribution in [3.8, 4) is 0 Å². The molecule has 146 valence electrons. The predicted octanol–water partition coefficient (Wildman–Crippen LogP) is 3.25. The van der Waals surface area contributed by atoms with Gasteiger partial charge in [-0.3, -0.25) is 24.1 Å². The first-order valence-electron chi connectivity index (χ1n) is 9.84. The van der Waals surface area contributed by atoms with Gasteiger partial charge in [0.1, 0.15) is 11.6 Å². The van der Waals surface area contributed by atoms with Gasteiger partial charge in [0.15, 0.2) is 0 Å². The fourth-order valence-corrected chi connectivity index (χ4v) is 4.91. The molecule has 26 heavy (non-hydrogen) atoms. The van der Waals surface area contributed by atoms with Gasteiger partial charge < -0.3 is 0 Å². The summed E-state index contributed by atoms with van der Waals surface area (Å²) in [6.07, 6.45) is 4.88. The Morgan fingerprint density at radius 3 is 2.38 bits per heavy atom. The van der Waals surface area contributed by atoms with Crippen LogP contribution in [0.4, 0.5) is 0 Å². The Labute approximate surface area is 160 Å². The van der Waals surface area contributed by atoms with Crippen molar-refractivity contribution in [2.24, 2.45) is 17.8 Å². The van der Waals surface area contributed by atoms with Gasteiger partial charge in [0, 0.05) is 43.4 Å². The lowest BCUT2D eigenvalue weighted by molar-refractivity contribution is -0.139. The minimum atomic E-state index is -0.333. The molecule has 5 nitrogen and oxygen atoms in total. The van der Waals surface area contributed by atoms with Crippen LogP contribution in [-0.2, 0) is 19.2 Å². The largest absolute Gasteiger partial charge is 0.299 e. The van der Waals surface area contributed by atoms with Crippen molar-refractivity contribution in [1.29, 1.82) is 0 Å². The van der Waals surface area contributed by atoms with Crippen LogP contribution in [0.1, 0.15) is 65.7 Å². The molecule has 0 N–H and O–H groups in total. The zero-order chi connectivity index (χ0) is 19.3. The fraction of sp³-hybridized carbons (Fsp3) is 0.800. The second kappa shape index (κ2) is 9.67. The van der Waals surface area contributed by atoms with Crippen LogP contribution in [0.2, 0.25) is 0 Å². The van der Waals surface area contributed by atoms with Crippen molar-refractivity contribution >= 4 is 35.1 Å². The van der Waals surface area contributed by atoms with Crippen molar-refractivity contribution in [1.82, 2.24) is 4.90 Å². The number of likely N-dealkylation sites (tertiary alicyclic amines) is 1. The summed E-state index contributed by atoms with van der Waals surface area (Å²) in [6.45, 7) is 6.15. The smallest absolute Gasteiger partial charge is 0.242 e. The Morgan fingerprint density at radius 2 is 1.81 bits per heavy atom. The number of imide groups is 1. The Balaban J connectivity index is 1.78. The monoisotopic (exact) mass is 381 g/mol. The molecule has 1 saturated carbocycles. The van der Waals surface area contributed by atoms with E-state index in [4.69, 9.17) is 0 Å². The highest BCUT2D eigenvalue weighted by Crippen LogP contribution is 2.33. The molecule has 0 radical (unpaired) electrons. The molecule has 1 aliphatic carbocycles. The van der Waals surface area contributed by atoms with E-state index in [2.05, 4.69) is 0 Å². The van der Waals surface area contributed by atoms with Gasteiger partial charge in [-0.25, -0.2) is 0 Å². The number of hydrogen-bond acceptors (Lipinski definition) is 5. The minimum Gasteiger partial charge on any atom is -0.299 e. The van der Waals surface area contributed by atoms with E-state index in [1.165, 1.54) is 16.7 Å². The van der Waals surface area contributed by atoms with E-state index in [-0.39, 0.29) is 41.1 Å². The molecule has 1 heterocycles. The average Bonchev–Trinajstić information content (AvgIpc) is 2.89. The van der Waals surface area contributed by atoms with Crippen LogP contribution in [0.5, 0.6) is 0 Å². The number of Topliss-reactive ketones (excluding diaryl/α,β-unsaturated/α-hetero) is 2. The summed E-state index contributed by atoms with van der Waals surface area (Å²) in [5, 5.41) is -0.333. The number of thioether (sulfide) groups is 1. The van der Waals surface area contributed by atoms with Gasteiger partial charge in [0.2, 0.25) is 11.8 Å². The molecule has 2 amide bonds. The van der Waals surface area contributed by atoms with Crippen LogP contribution in [-0.4, -0.2) is 45.8 Å². The third-order valence-corrected chi connectivity index (χ3v) is 6.82. The molecule has 2 rings (SSSR count).